The van der Waals surface area contributed by atoms with Crippen molar-refractivity contribution in [1.29, 1.82) is 0 Å². The van der Waals surface area contributed by atoms with E-state index in [0.29, 0.717) is 10.5 Å². The van der Waals surface area contributed by atoms with Crippen LogP contribution in [-0.2, 0) is 4.79 Å². The van der Waals surface area contributed by atoms with Gasteiger partial charge in [0, 0.05) is 0 Å². The maximum Gasteiger partial charge on any atom is 0.339 e. The second kappa shape index (κ2) is 7.22. The standard InChI is InChI=1S/C18H11NO6S2/c20-13-6-5-11(8-12(13)17(24)25)19-15(21)14(27-18(19)26)7-9-1-3-10(4-2-9)16(22)23/h1-8,20H,(H,22,23)(H,24,25)/b14-7+. The smallest absolute Gasteiger partial charge is 0.339 e. The highest BCUT2D eigenvalue weighted by Crippen LogP contribution is 2.37. The molecule has 0 bridgehead atoms. The van der Waals surface area contributed by atoms with E-state index in [1.807, 2.05) is 0 Å². The molecule has 0 unspecified atom stereocenters. The van der Waals surface area contributed by atoms with E-state index in [4.69, 9.17) is 22.4 Å². The van der Waals surface area contributed by atoms with Crippen molar-refractivity contribution in [3.63, 3.8) is 0 Å². The summed E-state index contributed by atoms with van der Waals surface area (Å²) in [7, 11) is 0. The lowest BCUT2D eigenvalue weighted by molar-refractivity contribution is -0.113. The van der Waals surface area contributed by atoms with Crippen LogP contribution in [0.25, 0.3) is 6.08 Å². The van der Waals surface area contributed by atoms with Gasteiger partial charge in [-0.1, -0.05) is 36.1 Å². The van der Waals surface area contributed by atoms with Gasteiger partial charge in [-0.25, -0.2) is 9.59 Å². The fourth-order valence-corrected chi connectivity index (χ4v) is 3.70. The second-order valence-electron chi connectivity index (χ2n) is 5.45. The quantitative estimate of drug-likeness (QED) is 0.528. The zero-order chi connectivity index (χ0) is 19.7. The number of amides is 1. The van der Waals surface area contributed by atoms with Crippen molar-refractivity contribution >= 4 is 57.9 Å². The van der Waals surface area contributed by atoms with Crippen LogP contribution in [0.3, 0.4) is 0 Å². The van der Waals surface area contributed by atoms with Gasteiger partial charge in [0.15, 0.2) is 4.32 Å². The van der Waals surface area contributed by atoms with Gasteiger partial charge in [0.05, 0.1) is 16.2 Å². The molecule has 7 nitrogen and oxygen atoms in total. The normalized spacial score (nSPS) is 15.4. The number of thioether (sulfide) groups is 1. The van der Waals surface area contributed by atoms with E-state index in [1.54, 1.807) is 18.2 Å². The number of thiocarbonyl (C=S) groups is 1. The van der Waals surface area contributed by atoms with Crippen molar-refractivity contribution in [2.75, 3.05) is 4.90 Å². The Balaban J connectivity index is 1.92. The predicted octanol–water partition coefficient (Wildman–Crippen LogP) is 3.19. The molecule has 3 N–H and O–H groups in total. The van der Waals surface area contributed by atoms with Crippen LogP contribution in [0.5, 0.6) is 5.75 Å². The number of nitrogens with zero attached hydrogens (tertiary/aromatic N) is 1. The molecule has 9 heteroatoms. The number of aromatic hydroxyl groups is 1. The fourth-order valence-electron chi connectivity index (χ4n) is 2.40. The van der Waals surface area contributed by atoms with Crippen LogP contribution < -0.4 is 4.90 Å². The van der Waals surface area contributed by atoms with Gasteiger partial charge in [0.1, 0.15) is 11.3 Å². The minimum atomic E-state index is -1.33. The average Bonchev–Trinajstić information content (AvgIpc) is 2.89. The van der Waals surface area contributed by atoms with Crippen molar-refractivity contribution in [2.24, 2.45) is 0 Å². The average molecular weight is 401 g/mol. The monoisotopic (exact) mass is 401 g/mol. The molecule has 0 radical (unpaired) electrons. The van der Waals surface area contributed by atoms with E-state index in [-0.39, 0.29) is 21.1 Å². The molecule has 0 spiro atoms. The zero-order valence-electron chi connectivity index (χ0n) is 13.4. The number of carboxylic acids is 2. The maximum absolute atomic E-state index is 12.7. The predicted molar refractivity (Wildman–Crippen MR) is 104 cm³/mol. The number of benzene rings is 2. The summed E-state index contributed by atoms with van der Waals surface area (Å²) >= 11 is 6.27. The first-order chi connectivity index (χ1) is 12.8. The lowest BCUT2D eigenvalue weighted by atomic mass is 10.1. The Morgan fingerprint density at radius 2 is 1.70 bits per heavy atom. The molecule has 1 saturated heterocycles. The Bertz CT molecular complexity index is 1010. The minimum Gasteiger partial charge on any atom is -0.507 e. The Kier molecular flexibility index (Phi) is 4.98. The van der Waals surface area contributed by atoms with Crippen LogP contribution in [0.15, 0.2) is 47.4 Å². The maximum atomic E-state index is 12.7. The molecule has 0 saturated carbocycles. The summed E-state index contributed by atoms with van der Waals surface area (Å²) < 4.78 is 0.218. The largest absolute Gasteiger partial charge is 0.507 e. The molecule has 1 aliphatic heterocycles. The molecule has 0 atom stereocenters. The molecule has 2 aromatic rings. The van der Waals surface area contributed by atoms with Crippen molar-refractivity contribution in [2.45, 2.75) is 0 Å². The summed E-state index contributed by atoms with van der Waals surface area (Å²) in [5, 5.41) is 27.7. The van der Waals surface area contributed by atoms with E-state index in [1.165, 1.54) is 35.2 Å². The Morgan fingerprint density at radius 1 is 1.04 bits per heavy atom. The van der Waals surface area contributed by atoms with Crippen molar-refractivity contribution in [3.05, 3.63) is 64.1 Å². The summed E-state index contributed by atoms with van der Waals surface area (Å²) in [6.07, 6.45) is 1.57. The van der Waals surface area contributed by atoms with Gasteiger partial charge < -0.3 is 15.3 Å². The third-order valence-corrected chi connectivity index (χ3v) is 5.02. The molecule has 1 fully saturated rings. The van der Waals surface area contributed by atoms with E-state index in [9.17, 15) is 19.5 Å². The molecular weight excluding hydrogens is 390 g/mol. The first-order valence-electron chi connectivity index (χ1n) is 7.45. The zero-order valence-corrected chi connectivity index (χ0v) is 15.1. The van der Waals surface area contributed by atoms with Gasteiger partial charge in [-0.05, 0) is 42.0 Å². The molecule has 3 rings (SSSR count). The number of carboxylic acid groups (broad SMARTS) is 2. The Morgan fingerprint density at radius 3 is 2.30 bits per heavy atom. The van der Waals surface area contributed by atoms with Gasteiger partial charge in [-0.15, -0.1) is 0 Å². The Hall–Kier alpha value is -3.17. The second-order valence-corrected chi connectivity index (χ2v) is 7.13. The fraction of sp³-hybridized carbons (Fsp3) is 0. The van der Waals surface area contributed by atoms with Crippen LogP contribution in [0, 0.1) is 0 Å². The van der Waals surface area contributed by atoms with Crippen LogP contribution in [0.2, 0.25) is 0 Å². The Labute approximate surface area is 162 Å². The first-order valence-corrected chi connectivity index (χ1v) is 8.68. The number of hydrogen-bond acceptors (Lipinski definition) is 6. The van der Waals surface area contributed by atoms with Crippen LogP contribution in [0.4, 0.5) is 5.69 Å². The van der Waals surface area contributed by atoms with Gasteiger partial charge in [0.2, 0.25) is 0 Å². The first kappa shape index (κ1) is 18.6. The molecule has 0 aliphatic carbocycles. The highest BCUT2D eigenvalue weighted by molar-refractivity contribution is 8.27. The summed E-state index contributed by atoms with van der Waals surface area (Å²) in [6.45, 7) is 0. The SMILES string of the molecule is O=C(O)c1ccc(/C=C2/SC(=S)N(c3ccc(O)c(C(=O)O)c3)C2=O)cc1. The van der Waals surface area contributed by atoms with Crippen molar-refractivity contribution in [1.82, 2.24) is 0 Å². The number of carbonyl (C=O) groups is 3. The number of carbonyl (C=O) groups excluding carboxylic acids is 1. The highest BCUT2D eigenvalue weighted by atomic mass is 32.2. The van der Waals surface area contributed by atoms with E-state index < -0.39 is 23.6 Å². The molecule has 0 aromatic heterocycles. The number of anilines is 1. The summed E-state index contributed by atoms with van der Waals surface area (Å²) in [5.74, 6) is -3.22. The van der Waals surface area contributed by atoms with E-state index >= 15 is 0 Å². The van der Waals surface area contributed by atoms with Crippen LogP contribution >= 0.6 is 24.0 Å². The third kappa shape index (κ3) is 3.69. The molecule has 27 heavy (non-hydrogen) atoms. The van der Waals surface area contributed by atoms with Gasteiger partial charge in [-0.2, -0.15) is 0 Å². The van der Waals surface area contributed by atoms with E-state index in [0.717, 1.165) is 11.8 Å². The van der Waals surface area contributed by atoms with Crippen LogP contribution in [-0.4, -0.2) is 37.5 Å². The van der Waals surface area contributed by atoms with Crippen molar-refractivity contribution < 1.29 is 29.7 Å². The number of hydrogen-bond donors (Lipinski definition) is 3. The topological polar surface area (TPSA) is 115 Å². The lowest BCUT2D eigenvalue weighted by Gasteiger charge is -2.15. The van der Waals surface area contributed by atoms with Gasteiger partial charge in [0.25, 0.3) is 5.91 Å². The number of aromatic carboxylic acids is 2. The van der Waals surface area contributed by atoms with Gasteiger partial charge >= 0.3 is 11.9 Å². The number of phenols is 1. The van der Waals surface area contributed by atoms with Crippen molar-refractivity contribution in [3.8, 4) is 5.75 Å². The number of rotatable bonds is 4. The summed E-state index contributed by atoms with van der Waals surface area (Å²) in [5.41, 5.74) is 0.648. The third-order valence-electron chi connectivity index (χ3n) is 3.72. The minimum absolute atomic E-state index is 0.130. The van der Waals surface area contributed by atoms with Gasteiger partial charge in [-0.3, -0.25) is 9.69 Å². The van der Waals surface area contributed by atoms with Crippen LogP contribution in [0.1, 0.15) is 26.3 Å². The molecular formula is C18H11NO6S2. The molecule has 1 aliphatic rings. The van der Waals surface area contributed by atoms with E-state index in [2.05, 4.69) is 0 Å². The molecule has 1 amide bonds. The summed E-state index contributed by atoms with van der Waals surface area (Å²) in [6, 6.07) is 9.75. The molecule has 1 heterocycles. The highest BCUT2D eigenvalue weighted by Gasteiger charge is 2.34. The lowest BCUT2D eigenvalue weighted by Crippen LogP contribution is -2.27. The molecule has 136 valence electrons. The molecule has 2 aromatic carbocycles. The summed E-state index contributed by atoms with van der Waals surface area (Å²) in [4.78, 5) is 36.3.